The van der Waals surface area contributed by atoms with E-state index in [1.807, 2.05) is 12.1 Å². The molecule has 0 spiro atoms. The zero-order valence-electron chi connectivity index (χ0n) is 15.4. The number of benzene rings is 2. The second kappa shape index (κ2) is 8.61. The van der Waals surface area contributed by atoms with Gasteiger partial charge in [0.2, 0.25) is 5.91 Å². The fraction of sp³-hybridized carbons (Fsp3) is 0.333. The summed E-state index contributed by atoms with van der Waals surface area (Å²) in [5.41, 5.74) is 2.60. The number of amides is 2. The van der Waals surface area contributed by atoms with E-state index in [1.165, 1.54) is 12.1 Å². The third-order valence-electron chi connectivity index (χ3n) is 4.05. The van der Waals surface area contributed by atoms with Crippen LogP contribution in [0.1, 0.15) is 48.7 Å². The molecule has 0 aliphatic rings. The summed E-state index contributed by atoms with van der Waals surface area (Å²) < 4.78 is 12.8. The van der Waals surface area contributed by atoms with Crippen LogP contribution < -0.4 is 10.6 Å². The molecule has 0 saturated heterocycles. The maximum Gasteiger partial charge on any atom is 0.251 e. The van der Waals surface area contributed by atoms with Crippen molar-refractivity contribution in [3.05, 3.63) is 71.0 Å². The molecule has 2 amide bonds. The smallest absolute Gasteiger partial charge is 0.251 e. The predicted molar refractivity (Wildman–Crippen MR) is 100 cm³/mol. The van der Waals surface area contributed by atoms with Gasteiger partial charge in [-0.05, 0) is 40.8 Å². The molecule has 2 rings (SSSR count). The molecule has 0 aliphatic carbocycles. The molecule has 2 aromatic rings. The molecule has 2 aromatic carbocycles. The topological polar surface area (TPSA) is 58.2 Å². The van der Waals surface area contributed by atoms with Crippen molar-refractivity contribution < 1.29 is 14.0 Å². The second-order valence-electron chi connectivity index (χ2n) is 7.24. The lowest BCUT2D eigenvalue weighted by Crippen LogP contribution is -2.30. The fourth-order valence-electron chi connectivity index (χ4n) is 2.40. The molecule has 26 heavy (non-hydrogen) atoms. The van der Waals surface area contributed by atoms with Crippen molar-refractivity contribution in [2.45, 2.75) is 39.2 Å². The molecule has 5 heteroatoms. The van der Waals surface area contributed by atoms with Gasteiger partial charge < -0.3 is 10.6 Å². The first-order valence-corrected chi connectivity index (χ1v) is 8.65. The Morgan fingerprint density at radius 2 is 1.54 bits per heavy atom. The molecule has 0 heterocycles. The standard InChI is InChI=1S/C21H25FN2O2/c1-21(2,3)17-8-6-16(7-9-17)20(26)23-13-12-19(25)24-14-15-4-10-18(22)11-5-15/h4-11H,12-14H2,1-3H3,(H,23,26)(H,24,25). The highest BCUT2D eigenvalue weighted by molar-refractivity contribution is 5.94. The normalized spacial score (nSPS) is 11.1. The average molecular weight is 356 g/mol. The van der Waals surface area contributed by atoms with Gasteiger partial charge in [-0.3, -0.25) is 9.59 Å². The third kappa shape index (κ3) is 5.99. The summed E-state index contributed by atoms with van der Waals surface area (Å²) in [7, 11) is 0. The van der Waals surface area contributed by atoms with E-state index in [2.05, 4.69) is 31.4 Å². The van der Waals surface area contributed by atoms with Crippen molar-refractivity contribution in [2.24, 2.45) is 0 Å². The first-order chi connectivity index (χ1) is 12.3. The quantitative estimate of drug-likeness (QED) is 0.831. The van der Waals surface area contributed by atoms with Gasteiger partial charge in [-0.25, -0.2) is 4.39 Å². The summed E-state index contributed by atoms with van der Waals surface area (Å²) in [6.07, 6.45) is 0.188. The molecule has 0 fully saturated rings. The van der Waals surface area contributed by atoms with Gasteiger partial charge in [-0.2, -0.15) is 0 Å². The Bertz CT molecular complexity index is 747. The van der Waals surface area contributed by atoms with Crippen LogP contribution in [-0.4, -0.2) is 18.4 Å². The highest BCUT2D eigenvalue weighted by Crippen LogP contribution is 2.22. The molecule has 138 valence electrons. The summed E-state index contributed by atoms with van der Waals surface area (Å²) in [6, 6.07) is 13.4. The van der Waals surface area contributed by atoms with Gasteiger partial charge in [0, 0.05) is 25.1 Å². The first-order valence-electron chi connectivity index (χ1n) is 8.65. The number of carbonyl (C=O) groups excluding carboxylic acids is 2. The van der Waals surface area contributed by atoms with Crippen LogP contribution in [0.25, 0.3) is 0 Å². The lowest BCUT2D eigenvalue weighted by molar-refractivity contribution is -0.121. The van der Waals surface area contributed by atoms with Crippen LogP contribution in [0.5, 0.6) is 0 Å². The van der Waals surface area contributed by atoms with E-state index >= 15 is 0 Å². The van der Waals surface area contributed by atoms with Gasteiger partial charge in [-0.15, -0.1) is 0 Å². The van der Waals surface area contributed by atoms with Crippen molar-refractivity contribution in [1.29, 1.82) is 0 Å². The Labute approximate surface area is 153 Å². The second-order valence-corrected chi connectivity index (χ2v) is 7.24. The molecule has 0 unspecified atom stereocenters. The molecule has 0 aliphatic heterocycles. The maximum atomic E-state index is 12.8. The largest absolute Gasteiger partial charge is 0.352 e. The van der Waals surface area contributed by atoms with E-state index < -0.39 is 0 Å². The molecular formula is C21H25FN2O2. The van der Waals surface area contributed by atoms with Crippen molar-refractivity contribution in [1.82, 2.24) is 10.6 Å². The molecule has 0 aromatic heterocycles. The zero-order valence-corrected chi connectivity index (χ0v) is 15.4. The van der Waals surface area contributed by atoms with Crippen molar-refractivity contribution >= 4 is 11.8 Å². The minimum Gasteiger partial charge on any atom is -0.352 e. The van der Waals surface area contributed by atoms with Crippen LogP contribution in [0.15, 0.2) is 48.5 Å². The van der Waals surface area contributed by atoms with Gasteiger partial charge in [0.1, 0.15) is 5.82 Å². The Balaban J connectivity index is 1.73. The maximum absolute atomic E-state index is 12.8. The molecular weight excluding hydrogens is 331 g/mol. The summed E-state index contributed by atoms with van der Waals surface area (Å²) in [5.74, 6) is -0.673. The highest BCUT2D eigenvalue weighted by atomic mass is 19.1. The van der Waals surface area contributed by atoms with Gasteiger partial charge in [0.05, 0.1) is 0 Å². The number of halogens is 1. The molecule has 0 atom stereocenters. The van der Waals surface area contributed by atoms with Crippen molar-refractivity contribution in [3.8, 4) is 0 Å². The predicted octanol–water partition coefficient (Wildman–Crippen LogP) is 3.56. The first kappa shape index (κ1) is 19.6. The van der Waals surface area contributed by atoms with Gasteiger partial charge in [0.15, 0.2) is 0 Å². The van der Waals surface area contributed by atoms with E-state index in [4.69, 9.17) is 0 Å². The summed E-state index contributed by atoms with van der Waals surface area (Å²) in [6.45, 7) is 6.95. The van der Waals surface area contributed by atoms with Gasteiger partial charge in [0.25, 0.3) is 5.91 Å². The van der Waals surface area contributed by atoms with Crippen LogP contribution in [0, 0.1) is 5.82 Å². The molecule has 0 saturated carbocycles. The van der Waals surface area contributed by atoms with Gasteiger partial charge >= 0.3 is 0 Å². The van der Waals surface area contributed by atoms with Crippen molar-refractivity contribution in [3.63, 3.8) is 0 Å². The van der Waals surface area contributed by atoms with E-state index in [1.54, 1.807) is 24.3 Å². The van der Waals surface area contributed by atoms with E-state index in [0.717, 1.165) is 11.1 Å². The average Bonchev–Trinajstić information content (AvgIpc) is 2.60. The van der Waals surface area contributed by atoms with E-state index in [9.17, 15) is 14.0 Å². The number of rotatable bonds is 6. The minimum atomic E-state index is -0.307. The Morgan fingerprint density at radius 1 is 0.923 bits per heavy atom. The summed E-state index contributed by atoms with van der Waals surface area (Å²) in [5, 5.41) is 5.49. The fourth-order valence-corrected chi connectivity index (χ4v) is 2.40. The third-order valence-corrected chi connectivity index (χ3v) is 4.05. The highest BCUT2D eigenvalue weighted by Gasteiger charge is 2.14. The molecule has 4 nitrogen and oxygen atoms in total. The van der Waals surface area contributed by atoms with Crippen LogP contribution >= 0.6 is 0 Å². The van der Waals surface area contributed by atoms with Gasteiger partial charge in [-0.1, -0.05) is 45.0 Å². The number of hydrogen-bond donors (Lipinski definition) is 2. The minimum absolute atomic E-state index is 0.0393. The monoisotopic (exact) mass is 356 g/mol. The Kier molecular flexibility index (Phi) is 6.50. The number of nitrogens with one attached hydrogen (secondary N) is 2. The summed E-state index contributed by atoms with van der Waals surface area (Å²) in [4.78, 5) is 23.9. The molecule has 0 radical (unpaired) electrons. The molecule has 0 bridgehead atoms. The lowest BCUT2D eigenvalue weighted by atomic mass is 9.87. The Hall–Kier alpha value is -2.69. The lowest BCUT2D eigenvalue weighted by Gasteiger charge is -2.19. The SMILES string of the molecule is CC(C)(C)c1ccc(C(=O)NCCC(=O)NCc2ccc(F)cc2)cc1. The van der Waals surface area contributed by atoms with Crippen LogP contribution in [0.2, 0.25) is 0 Å². The van der Waals surface area contributed by atoms with Crippen LogP contribution in [-0.2, 0) is 16.8 Å². The van der Waals surface area contributed by atoms with E-state index in [-0.39, 0.29) is 36.0 Å². The van der Waals surface area contributed by atoms with Crippen LogP contribution in [0.4, 0.5) is 4.39 Å². The Morgan fingerprint density at radius 3 is 2.12 bits per heavy atom. The zero-order chi connectivity index (χ0) is 19.2. The van der Waals surface area contributed by atoms with E-state index in [0.29, 0.717) is 12.1 Å². The van der Waals surface area contributed by atoms with Crippen LogP contribution in [0.3, 0.4) is 0 Å². The number of carbonyl (C=O) groups is 2. The summed E-state index contributed by atoms with van der Waals surface area (Å²) >= 11 is 0. The molecule has 2 N–H and O–H groups in total. The number of hydrogen-bond acceptors (Lipinski definition) is 2. The van der Waals surface area contributed by atoms with Crippen molar-refractivity contribution in [2.75, 3.05) is 6.54 Å².